The van der Waals surface area contributed by atoms with Crippen LogP contribution in [0, 0.1) is 11.2 Å². The highest BCUT2D eigenvalue weighted by atomic mass is 19.1. The molecular formula is C13H18FN3O. The maximum absolute atomic E-state index is 13.8. The molecule has 5 heteroatoms. The van der Waals surface area contributed by atoms with Gasteiger partial charge < -0.3 is 16.0 Å². The molecule has 1 aromatic rings. The zero-order chi connectivity index (χ0) is 13.3. The molecule has 0 bridgehead atoms. The van der Waals surface area contributed by atoms with Crippen LogP contribution in [0.15, 0.2) is 18.2 Å². The van der Waals surface area contributed by atoms with Crippen molar-refractivity contribution in [1.82, 2.24) is 5.32 Å². The maximum Gasteiger partial charge on any atom is 0.227 e. The lowest BCUT2D eigenvalue weighted by Gasteiger charge is -2.24. The number of nitrogens with one attached hydrogen (secondary N) is 1. The third-order valence-corrected chi connectivity index (χ3v) is 3.56. The number of nitrogens with zero attached hydrogens (tertiary/aromatic N) is 1. The molecule has 1 atom stereocenters. The molecule has 3 N–H and O–H groups in total. The van der Waals surface area contributed by atoms with Crippen LogP contribution in [0.1, 0.15) is 13.3 Å². The van der Waals surface area contributed by atoms with E-state index in [2.05, 4.69) is 5.32 Å². The molecule has 2 rings (SSSR count). The number of carbonyl (C=O) groups excluding carboxylic acids is 1. The van der Waals surface area contributed by atoms with Crippen molar-refractivity contribution in [3.63, 3.8) is 0 Å². The second-order valence-electron chi connectivity index (χ2n) is 5.02. The molecule has 98 valence electrons. The number of carbonyl (C=O) groups is 1. The average Bonchev–Trinajstić information content (AvgIpc) is 2.72. The number of rotatable bonds is 2. The van der Waals surface area contributed by atoms with E-state index in [0.717, 1.165) is 6.42 Å². The first kappa shape index (κ1) is 12.7. The maximum atomic E-state index is 13.8. The summed E-state index contributed by atoms with van der Waals surface area (Å²) >= 11 is 0. The summed E-state index contributed by atoms with van der Waals surface area (Å²) in [5.74, 6) is -0.336. The van der Waals surface area contributed by atoms with E-state index in [0.29, 0.717) is 24.5 Å². The van der Waals surface area contributed by atoms with Crippen molar-refractivity contribution in [1.29, 1.82) is 0 Å². The van der Waals surface area contributed by atoms with Gasteiger partial charge in [0.25, 0.3) is 0 Å². The zero-order valence-electron chi connectivity index (χ0n) is 10.7. The SMILES string of the molecule is CNC(=O)C1(C)CCN(c2ccc(N)cc2F)C1. The molecule has 1 saturated heterocycles. The topological polar surface area (TPSA) is 58.4 Å². The van der Waals surface area contributed by atoms with Crippen LogP contribution in [0.3, 0.4) is 0 Å². The summed E-state index contributed by atoms with van der Waals surface area (Å²) in [6, 6.07) is 4.65. The number of hydrogen-bond donors (Lipinski definition) is 2. The van der Waals surface area contributed by atoms with Crippen molar-refractivity contribution in [3.05, 3.63) is 24.0 Å². The molecule has 1 aliphatic heterocycles. The van der Waals surface area contributed by atoms with Crippen LogP contribution in [0.2, 0.25) is 0 Å². The number of amides is 1. The first-order valence-electron chi connectivity index (χ1n) is 5.98. The smallest absolute Gasteiger partial charge is 0.227 e. The predicted molar refractivity (Wildman–Crippen MR) is 69.8 cm³/mol. The summed E-state index contributed by atoms with van der Waals surface area (Å²) in [5, 5.41) is 2.66. The molecule has 0 aromatic heterocycles. The minimum absolute atomic E-state index is 0.000790. The van der Waals surface area contributed by atoms with Crippen molar-refractivity contribution in [2.24, 2.45) is 5.41 Å². The van der Waals surface area contributed by atoms with E-state index in [1.807, 2.05) is 11.8 Å². The molecule has 1 amide bonds. The van der Waals surface area contributed by atoms with Crippen molar-refractivity contribution >= 4 is 17.3 Å². The van der Waals surface area contributed by atoms with E-state index >= 15 is 0 Å². The molecule has 0 saturated carbocycles. The molecule has 0 radical (unpaired) electrons. The minimum Gasteiger partial charge on any atom is -0.399 e. The highest BCUT2D eigenvalue weighted by Gasteiger charge is 2.40. The van der Waals surface area contributed by atoms with E-state index in [4.69, 9.17) is 5.73 Å². The van der Waals surface area contributed by atoms with Gasteiger partial charge in [0, 0.05) is 25.8 Å². The number of benzene rings is 1. The molecule has 1 fully saturated rings. The van der Waals surface area contributed by atoms with Crippen LogP contribution in [-0.2, 0) is 4.79 Å². The second-order valence-corrected chi connectivity index (χ2v) is 5.02. The largest absolute Gasteiger partial charge is 0.399 e. The Morgan fingerprint density at radius 2 is 2.28 bits per heavy atom. The monoisotopic (exact) mass is 251 g/mol. The van der Waals surface area contributed by atoms with E-state index in [1.54, 1.807) is 19.2 Å². The lowest BCUT2D eigenvalue weighted by atomic mass is 9.89. The van der Waals surface area contributed by atoms with Crippen LogP contribution in [0.25, 0.3) is 0 Å². The molecule has 0 spiro atoms. The van der Waals surface area contributed by atoms with Gasteiger partial charge in [0.1, 0.15) is 5.82 Å². The third kappa shape index (κ3) is 2.12. The summed E-state index contributed by atoms with van der Waals surface area (Å²) < 4.78 is 13.8. The fourth-order valence-electron chi connectivity index (χ4n) is 2.43. The first-order valence-corrected chi connectivity index (χ1v) is 5.98. The Balaban J connectivity index is 2.20. The van der Waals surface area contributed by atoms with E-state index in [-0.39, 0.29) is 11.7 Å². The van der Waals surface area contributed by atoms with E-state index < -0.39 is 5.41 Å². The number of nitrogen functional groups attached to an aromatic ring is 1. The quantitative estimate of drug-likeness (QED) is 0.780. The molecule has 1 aliphatic rings. The number of nitrogens with two attached hydrogens (primary N) is 1. The molecule has 1 aromatic carbocycles. The first-order chi connectivity index (χ1) is 8.46. The number of halogens is 1. The Morgan fingerprint density at radius 1 is 1.56 bits per heavy atom. The predicted octanol–water partition coefficient (Wildman–Crippen LogP) is 1.37. The molecule has 18 heavy (non-hydrogen) atoms. The summed E-state index contributed by atoms with van der Waals surface area (Å²) in [5.41, 5.74) is 5.99. The highest BCUT2D eigenvalue weighted by molar-refractivity contribution is 5.83. The Hall–Kier alpha value is -1.78. The Labute approximate surface area is 106 Å². The van der Waals surface area contributed by atoms with Crippen molar-refractivity contribution in [2.45, 2.75) is 13.3 Å². The van der Waals surface area contributed by atoms with Crippen molar-refractivity contribution < 1.29 is 9.18 Å². The lowest BCUT2D eigenvalue weighted by molar-refractivity contribution is -0.128. The zero-order valence-corrected chi connectivity index (χ0v) is 10.7. The Kier molecular flexibility index (Phi) is 3.15. The summed E-state index contributed by atoms with van der Waals surface area (Å²) in [4.78, 5) is 13.7. The fourth-order valence-corrected chi connectivity index (χ4v) is 2.43. The third-order valence-electron chi connectivity index (χ3n) is 3.56. The summed E-state index contributed by atoms with van der Waals surface area (Å²) in [6.45, 7) is 3.10. The number of hydrogen-bond acceptors (Lipinski definition) is 3. The van der Waals surface area contributed by atoms with Crippen LogP contribution in [-0.4, -0.2) is 26.0 Å². The Bertz CT molecular complexity index is 477. The average molecular weight is 251 g/mol. The molecule has 1 unspecified atom stereocenters. The van der Waals surface area contributed by atoms with Gasteiger partial charge in [-0.3, -0.25) is 4.79 Å². The second kappa shape index (κ2) is 4.48. The van der Waals surface area contributed by atoms with Crippen LogP contribution >= 0.6 is 0 Å². The normalized spacial score (nSPS) is 23.2. The highest BCUT2D eigenvalue weighted by Crippen LogP contribution is 2.34. The van der Waals surface area contributed by atoms with E-state index in [9.17, 15) is 9.18 Å². The fraction of sp³-hybridized carbons (Fsp3) is 0.462. The van der Waals surface area contributed by atoms with E-state index in [1.165, 1.54) is 6.07 Å². The van der Waals surface area contributed by atoms with Gasteiger partial charge in [0.05, 0.1) is 11.1 Å². The molecule has 4 nitrogen and oxygen atoms in total. The van der Waals surface area contributed by atoms with Gasteiger partial charge in [-0.15, -0.1) is 0 Å². The van der Waals surface area contributed by atoms with Gasteiger partial charge >= 0.3 is 0 Å². The van der Waals surface area contributed by atoms with Crippen LogP contribution in [0.4, 0.5) is 15.8 Å². The van der Waals surface area contributed by atoms with Gasteiger partial charge in [-0.1, -0.05) is 0 Å². The van der Waals surface area contributed by atoms with Gasteiger partial charge in [-0.25, -0.2) is 4.39 Å². The van der Waals surface area contributed by atoms with Crippen molar-refractivity contribution in [2.75, 3.05) is 30.8 Å². The van der Waals surface area contributed by atoms with Crippen molar-refractivity contribution in [3.8, 4) is 0 Å². The van der Waals surface area contributed by atoms with Gasteiger partial charge in [0.2, 0.25) is 5.91 Å². The van der Waals surface area contributed by atoms with Gasteiger partial charge in [-0.05, 0) is 31.5 Å². The summed E-state index contributed by atoms with van der Waals surface area (Å²) in [7, 11) is 1.63. The van der Waals surface area contributed by atoms with Gasteiger partial charge in [-0.2, -0.15) is 0 Å². The Morgan fingerprint density at radius 3 is 2.89 bits per heavy atom. The minimum atomic E-state index is -0.456. The van der Waals surface area contributed by atoms with Crippen LogP contribution in [0.5, 0.6) is 0 Å². The lowest BCUT2D eigenvalue weighted by Crippen LogP contribution is -2.39. The standard InChI is InChI=1S/C13H18FN3O/c1-13(12(18)16-2)5-6-17(8-13)11-4-3-9(15)7-10(11)14/h3-4,7H,5-6,8,15H2,1-2H3,(H,16,18). The molecule has 0 aliphatic carbocycles. The van der Waals surface area contributed by atoms with Crippen LogP contribution < -0.4 is 16.0 Å². The molecule has 1 heterocycles. The summed E-state index contributed by atoms with van der Waals surface area (Å²) in [6.07, 6.45) is 0.719. The molecular weight excluding hydrogens is 233 g/mol. The van der Waals surface area contributed by atoms with Gasteiger partial charge in [0.15, 0.2) is 0 Å². The number of anilines is 2.